The van der Waals surface area contributed by atoms with Crippen LogP contribution in [0, 0.1) is 5.92 Å². The lowest BCUT2D eigenvalue weighted by molar-refractivity contribution is 0.122. The molecule has 0 aromatic heterocycles. The zero-order valence-corrected chi connectivity index (χ0v) is 7.75. The fourth-order valence-electron chi connectivity index (χ4n) is 0.976. The van der Waals surface area contributed by atoms with Gasteiger partial charge in [0.2, 0.25) is 0 Å². The zero-order valence-electron chi connectivity index (χ0n) is 7.75. The predicted octanol–water partition coefficient (Wildman–Crippen LogP) is 1.55. The standard InChI is InChI=1S/C9H20O2/c1-7(9(3)11)5-4-6-8(2)10/h7-11H,4-6H2,1-3H3. The normalized spacial score (nSPS) is 19.4. The van der Waals surface area contributed by atoms with Crippen LogP contribution in [-0.2, 0) is 0 Å². The van der Waals surface area contributed by atoms with Crippen molar-refractivity contribution < 1.29 is 10.2 Å². The Labute approximate surface area is 69.2 Å². The van der Waals surface area contributed by atoms with Gasteiger partial charge in [-0.25, -0.2) is 0 Å². The molecule has 0 rings (SSSR count). The van der Waals surface area contributed by atoms with E-state index < -0.39 is 0 Å². The van der Waals surface area contributed by atoms with Gasteiger partial charge in [-0.15, -0.1) is 0 Å². The van der Waals surface area contributed by atoms with Gasteiger partial charge in [-0.2, -0.15) is 0 Å². The van der Waals surface area contributed by atoms with Crippen molar-refractivity contribution in [2.75, 3.05) is 0 Å². The Morgan fingerprint density at radius 2 is 1.55 bits per heavy atom. The quantitative estimate of drug-likeness (QED) is 0.640. The number of hydrogen-bond donors (Lipinski definition) is 2. The van der Waals surface area contributed by atoms with Crippen molar-refractivity contribution in [2.24, 2.45) is 5.92 Å². The molecule has 0 saturated heterocycles. The molecular weight excluding hydrogens is 140 g/mol. The first-order valence-electron chi connectivity index (χ1n) is 4.40. The van der Waals surface area contributed by atoms with Crippen LogP contribution in [0.1, 0.15) is 40.0 Å². The minimum absolute atomic E-state index is 0.198. The Morgan fingerprint density at radius 1 is 1.00 bits per heavy atom. The maximum atomic E-state index is 9.12. The van der Waals surface area contributed by atoms with E-state index in [1.54, 1.807) is 6.92 Å². The summed E-state index contributed by atoms with van der Waals surface area (Å²) in [6.07, 6.45) is 2.43. The number of aliphatic hydroxyl groups is 2. The van der Waals surface area contributed by atoms with Crippen LogP contribution >= 0.6 is 0 Å². The second kappa shape index (κ2) is 5.56. The molecule has 0 aliphatic carbocycles. The van der Waals surface area contributed by atoms with Crippen LogP contribution in [0.25, 0.3) is 0 Å². The van der Waals surface area contributed by atoms with Crippen LogP contribution in [0.2, 0.25) is 0 Å². The van der Waals surface area contributed by atoms with E-state index in [1.807, 2.05) is 13.8 Å². The van der Waals surface area contributed by atoms with Gasteiger partial charge in [0.15, 0.2) is 0 Å². The van der Waals surface area contributed by atoms with E-state index in [1.165, 1.54) is 0 Å². The van der Waals surface area contributed by atoms with E-state index in [0.29, 0.717) is 5.92 Å². The lowest BCUT2D eigenvalue weighted by atomic mass is 9.98. The molecule has 0 heterocycles. The minimum Gasteiger partial charge on any atom is -0.393 e. The highest BCUT2D eigenvalue weighted by Gasteiger charge is 2.08. The number of rotatable bonds is 5. The number of aliphatic hydroxyl groups excluding tert-OH is 2. The van der Waals surface area contributed by atoms with Crippen LogP contribution in [0.4, 0.5) is 0 Å². The first-order valence-corrected chi connectivity index (χ1v) is 4.40. The highest BCUT2D eigenvalue weighted by molar-refractivity contribution is 4.60. The largest absolute Gasteiger partial charge is 0.393 e. The fourth-order valence-corrected chi connectivity index (χ4v) is 0.976. The van der Waals surface area contributed by atoms with Gasteiger partial charge in [0, 0.05) is 0 Å². The van der Waals surface area contributed by atoms with Crippen LogP contribution < -0.4 is 0 Å². The molecule has 0 amide bonds. The van der Waals surface area contributed by atoms with E-state index in [4.69, 9.17) is 10.2 Å². The Hall–Kier alpha value is -0.0800. The van der Waals surface area contributed by atoms with Crippen LogP contribution in [-0.4, -0.2) is 22.4 Å². The summed E-state index contributed by atoms with van der Waals surface area (Å²) in [5.41, 5.74) is 0. The lowest BCUT2D eigenvalue weighted by Crippen LogP contribution is -2.13. The molecule has 2 N–H and O–H groups in total. The molecule has 2 heteroatoms. The Morgan fingerprint density at radius 3 is 1.91 bits per heavy atom. The molecule has 0 spiro atoms. The highest BCUT2D eigenvalue weighted by atomic mass is 16.3. The Kier molecular flexibility index (Phi) is 5.51. The second-order valence-electron chi connectivity index (χ2n) is 3.50. The van der Waals surface area contributed by atoms with Crippen molar-refractivity contribution in [3.05, 3.63) is 0 Å². The summed E-state index contributed by atoms with van der Waals surface area (Å²) in [5.74, 6) is 0.355. The van der Waals surface area contributed by atoms with Gasteiger partial charge in [0.05, 0.1) is 12.2 Å². The molecule has 0 aromatic rings. The monoisotopic (exact) mass is 160 g/mol. The Balaban J connectivity index is 3.24. The fraction of sp³-hybridized carbons (Fsp3) is 1.00. The van der Waals surface area contributed by atoms with Gasteiger partial charge in [-0.1, -0.05) is 13.3 Å². The van der Waals surface area contributed by atoms with Gasteiger partial charge in [0.25, 0.3) is 0 Å². The van der Waals surface area contributed by atoms with Crippen LogP contribution in [0.5, 0.6) is 0 Å². The van der Waals surface area contributed by atoms with Crippen molar-refractivity contribution in [3.63, 3.8) is 0 Å². The average Bonchev–Trinajstić information content (AvgIpc) is 1.86. The van der Waals surface area contributed by atoms with Crippen LogP contribution in [0.3, 0.4) is 0 Å². The highest BCUT2D eigenvalue weighted by Crippen LogP contribution is 2.12. The van der Waals surface area contributed by atoms with Gasteiger partial charge in [-0.3, -0.25) is 0 Å². The SMILES string of the molecule is CC(O)CCCC(C)C(C)O. The molecule has 0 bridgehead atoms. The molecule has 3 atom stereocenters. The summed E-state index contributed by atoms with van der Waals surface area (Å²) in [6.45, 7) is 5.65. The zero-order chi connectivity index (χ0) is 8.85. The van der Waals surface area contributed by atoms with Gasteiger partial charge >= 0.3 is 0 Å². The Bertz CT molecular complexity index is 89.6. The van der Waals surface area contributed by atoms with E-state index in [-0.39, 0.29) is 12.2 Å². The molecular formula is C9H20O2. The smallest absolute Gasteiger partial charge is 0.0537 e. The first kappa shape index (κ1) is 10.9. The average molecular weight is 160 g/mol. The molecule has 3 unspecified atom stereocenters. The molecule has 0 aliphatic heterocycles. The van der Waals surface area contributed by atoms with E-state index >= 15 is 0 Å². The number of hydrogen-bond acceptors (Lipinski definition) is 2. The third-order valence-electron chi connectivity index (χ3n) is 2.10. The molecule has 11 heavy (non-hydrogen) atoms. The van der Waals surface area contributed by atoms with E-state index in [2.05, 4.69) is 0 Å². The topological polar surface area (TPSA) is 40.5 Å². The molecule has 0 radical (unpaired) electrons. The summed E-state index contributed by atoms with van der Waals surface area (Å²) in [7, 11) is 0. The van der Waals surface area contributed by atoms with Gasteiger partial charge < -0.3 is 10.2 Å². The van der Waals surface area contributed by atoms with Crippen LogP contribution in [0.15, 0.2) is 0 Å². The molecule has 0 fully saturated rings. The summed E-state index contributed by atoms with van der Waals surface area (Å²) in [6, 6.07) is 0. The lowest BCUT2D eigenvalue weighted by Gasteiger charge is -2.14. The molecule has 0 aromatic carbocycles. The predicted molar refractivity (Wildman–Crippen MR) is 46.4 cm³/mol. The minimum atomic E-state index is -0.219. The maximum Gasteiger partial charge on any atom is 0.0537 e. The van der Waals surface area contributed by atoms with Gasteiger partial charge in [0.1, 0.15) is 0 Å². The van der Waals surface area contributed by atoms with Crippen molar-refractivity contribution in [1.82, 2.24) is 0 Å². The second-order valence-corrected chi connectivity index (χ2v) is 3.50. The van der Waals surface area contributed by atoms with Crippen molar-refractivity contribution >= 4 is 0 Å². The van der Waals surface area contributed by atoms with Gasteiger partial charge in [-0.05, 0) is 32.6 Å². The van der Waals surface area contributed by atoms with Crippen molar-refractivity contribution in [1.29, 1.82) is 0 Å². The molecule has 68 valence electrons. The maximum absolute atomic E-state index is 9.12. The van der Waals surface area contributed by atoms with E-state index in [0.717, 1.165) is 19.3 Å². The summed E-state index contributed by atoms with van der Waals surface area (Å²) in [4.78, 5) is 0. The van der Waals surface area contributed by atoms with Crippen molar-refractivity contribution in [2.45, 2.75) is 52.2 Å². The first-order chi connectivity index (χ1) is 5.04. The molecule has 0 aliphatic rings. The molecule has 2 nitrogen and oxygen atoms in total. The molecule has 0 saturated carbocycles. The van der Waals surface area contributed by atoms with Crippen molar-refractivity contribution in [3.8, 4) is 0 Å². The summed E-state index contributed by atoms with van der Waals surface area (Å²) >= 11 is 0. The summed E-state index contributed by atoms with van der Waals surface area (Å²) < 4.78 is 0. The summed E-state index contributed by atoms with van der Waals surface area (Å²) in [5, 5.41) is 18.1. The third kappa shape index (κ3) is 6.32. The van der Waals surface area contributed by atoms with E-state index in [9.17, 15) is 0 Å². The third-order valence-corrected chi connectivity index (χ3v) is 2.10.